The number of thiophene rings is 1. The number of benzene rings is 1. The van der Waals surface area contributed by atoms with Gasteiger partial charge in [-0.3, -0.25) is 9.59 Å². The maximum absolute atomic E-state index is 12.5. The van der Waals surface area contributed by atoms with Crippen LogP contribution < -0.4 is 10.7 Å². The van der Waals surface area contributed by atoms with Crippen molar-refractivity contribution in [3.05, 3.63) is 85.5 Å². The van der Waals surface area contributed by atoms with Crippen molar-refractivity contribution in [2.75, 3.05) is 0 Å². The predicted octanol–water partition coefficient (Wildman–Crippen LogP) is 4.68. The zero-order valence-electron chi connectivity index (χ0n) is 14.2. The van der Waals surface area contributed by atoms with E-state index in [1.54, 1.807) is 42.5 Å². The van der Waals surface area contributed by atoms with Gasteiger partial charge in [-0.05, 0) is 57.7 Å². The summed E-state index contributed by atoms with van der Waals surface area (Å²) in [5, 5.41) is 8.60. The molecule has 2 amide bonds. The topological polar surface area (TPSA) is 83.7 Å². The lowest BCUT2D eigenvalue weighted by molar-refractivity contribution is -0.117. The molecular formula is C19H13BrClN3O3S. The van der Waals surface area contributed by atoms with Crippen LogP contribution in [0.25, 0.3) is 6.08 Å². The smallest absolute Gasteiger partial charge is 0.287 e. The third-order valence-corrected chi connectivity index (χ3v) is 4.97. The number of carbonyl (C=O) groups excluding carboxylic acids is 2. The third kappa shape index (κ3) is 5.41. The number of halogens is 2. The lowest BCUT2D eigenvalue weighted by Crippen LogP contribution is -2.32. The standard InChI is InChI=1S/C19H13BrClN3O3S/c20-17-8-7-12(27-17)11-22-24-19(26)16(10-13-4-3-9-28-13)23-18(25)14-5-1-2-6-15(14)21/h1-11H,(H,23,25)(H,24,26)/b16-10+,22-11-. The molecule has 9 heteroatoms. The van der Waals surface area contributed by atoms with Gasteiger partial charge >= 0.3 is 0 Å². The van der Waals surface area contributed by atoms with Gasteiger partial charge in [0.25, 0.3) is 11.8 Å². The minimum Gasteiger partial charge on any atom is -0.448 e. The molecule has 2 heterocycles. The molecular weight excluding hydrogens is 466 g/mol. The maximum Gasteiger partial charge on any atom is 0.287 e. The molecule has 0 aliphatic carbocycles. The van der Waals surface area contributed by atoms with Gasteiger partial charge in [0.15, 0.2) is 4.67 Å². The van der Waals surface area contributed by atoms with Crippen molar-refractivity contribution in [1.29, 1.82) is 0 Å². The third-order valence-electron chi connectivity index (χ3n) is 3.39. The molecule has 2 N–H and O–H groups in total. The Morgan fingerprint density at radius 2 is 1.96 bits per heavy atom. The summed E-state index contributed by atoms with van der Waals surface area (Å²) in [5.74, 6) is -0.630. The highest BCUT2D eigenvalue weighted by Gasteiger charge is 2.16. The number of nitrogens with one attached hydrogen (secondary N) is 2. The van der Waals surface area contributed by atoms with Crippen LogP contribution in [0.1, 0.15) is 21.0 Å². The number of amides is 2. The molecule has 142 valence electrons. The average Bonchev–Trinajstić information content (AvgIpc) is 3.33. The number of hydrogen-bond donors (Lipinski definition) is 2. The second-order valence-electron chi connectivity index (χ2n) is 5.35. The molecule has 0 saturated heterocycles. The van der Waals surface area contributed by atoms with Crippen molar-refractivity contribution in [3.63, 3.8) is 0 Å². The van der Waals surface area contributed by atoms with Gasteiger partial charge in [-0.1, -0.05) is 29.8 Å². The Bertz CT molecular complexity index is 1040. The Hall–Kier alpha value is -2.68. The fourth-order valence-corrected chi connectivity index (χ4v) is 3.32. The van der Waals surface area contributed by atoms with Crippen molar-refractivity contribution in [2.24, 2.45) is 5.10 Å². The van der Waals surface area contributed by atoms with Crippen molar-refractivity contribution >= 4 is 63.0 Å². The molecule has 28 heavy (non-hydrogen) atoms. The summed E-state index contributed by atoms with van der Waals surface area (Å²) in [6.07, 6.45) is 2.91. The van der Waals surface area contributed by atoms with Gasteiger partial charge in [0.05, 0.1) is 16.8 Å². The van der Waals surface area contributed by atoms with Crippen LogP contribution in [-0.2, 0) is 4.79 Å². The number of nitrogens with zero attached hydrogens (tertiary/aromatic N) is 1. The first-order chi connectivity index (χ1) is 13.5. The van der Waals surface area contributed by atoms with Crippen LogP contribution in [0.3, 0.4) is 0 Å². The molecule has 3 aromatic rings. The Morgan fingerprint density at radius 3 is 2.64 bits per heavy atom. The fourth-order valence-electron chi connectivity index (χ4n) is 2.12. The van der Waals surface area contributed by atoms with Crippen LogP contribution in [-0.4, -0.2) is 18.0 Å². The van der Waals surface area contributed by atoms with Crippen molar-refractivity contribution < 1.29 is 14.0 Å². The first-order valence-electron chi connectivity index (χ1n) is 7.93. The molecule has 0 atom stereocenters. The number of hydrazone groups is 1. The van der Waals surface area contributed by atoms with Gasteiger partial charge in [-0.25, -0.2) is 5.43 Å². The summed E-state index contributed by atoms with van der Waals surface area (Å²) in [6, 6.07) is 13.6. The minimum atomic E-state index is -0.587. The second-order valence-corrected chi connectivity index (χ2v) is 7.52. The van der Waals surface area contributed by atoms with Gasteiger partial charge < -0.3 is 9.73 Å². The van der Waals surface area contributed by atoms with E-state index < -0.39 is 11.8 Å². The van der Waals surface area contributed by atoms with Crippen molar-refractivity contribution in [3.8, 4) is 0 Å². The molecule has 2 aromatic heterocycles. The summed E-state index contributed by atoms with van der Waals surface area (Å²) in [4.78, 5) is 25.9. The van der Waals surface area contributed by atoms with Crippen LogP contribution >= 0.6 is 38.9 Å². The lowest BCUT2D eigenvalue weighted by atomic mass is 10.2. The zero-order valence-corrected chi connectivity index (χ0v) is 17.3. The Labute approximate surface area is 178 Å². The molecule has 0 bridgehead atoms. The Morgan fingerprint density at radius 1 is 1.14 bits per heavy atom. The summed E-state index contributed by atoms with van der Waals surface area (Å²) in [6.45, 7) is 0. The fraction of sp³-hybridized carbons (Fsp3) is 0. The van der Waals surface area contributed by atoms with Crippen molar-refractivity contribution in [2.45, 2.75) is 0 Å². The lowest BCUT2D eigenvalue weighted by Gasteiger charge is -2.09. The summed E-state index contributed by atoms with van der Waals surface area (Å²) < 4.78 is 5.81. The van der Waals surface area contributed by atoms with E-state index in [2.05, 4.69) is 31.8 Å². The van der Waals surface area contributed by atoms with Gasteiger partial charge in [0.1, 0.15) is 11.5 Å². The van der Waals surface area contributed by atoms with E-state index in [9.17, 15) is 9.59 Å². The highest BCUT2D eigenvalue weighted by molar-refractivity contribution is 9.10. The SMILES string of the molecule is O=C(N/N=C\c1ccc(Br)o1)/C(=C\c1cccs1)NC(=O)c1ccccc1Cl. The van der Waals surface area contributed by atoms with Crippen LogP contribution in [0.5, 0.6) is 0 Å². The quantitative estimate of drug-likeness (QED) is 0.307. The van der Waals surface area contributed by atoms with Crippen LogP contribution in [0.15, 0.2) is 73.8 Å². The van der Waals surface area contributed by atoms with Crippen LogP contribution in [0.2, 0.25) is 5.02 Å². The van der Waals surface area contributed by atoms with E-state index in [-0.39, 0.29) is 16.3 Å². The van der Waals surface area contributed by atoms with Crippen molar-refractivity contribution in [1.82, 2.24) is 10.7 Å². The molecule has 0 radical (unpaired) electrons. The van der Waals surface area contributed by atoms with Crippen LogP contribution in [0, 0.1) is 0 Å². The van der Waals surface area contributed by atoms with Gasteiger partial charge in [0, 0.05) is 4.88 Å². The summed E-state index contributed by atoms with van der Waals surface area (Å²) in [7, 11) is 0. The average molecular weight is 479 g/mol. The monoisotopic (exact) mass is 477 g/mol. The first-order valence-corrected chi connectivity index (χ1v) is 9.98. The molecule has 0 saturated carbocycles. The molecule has 0 unspecified atom stereocenters. The number of carbonyl (C=O) groups is 2. The molecule has 0 spiro atoms. The first kappa shape index (κ1) is 20.1. The molecule has 3 rings (SSSR count). The number of rotatable bonds is 6. The Balaban J connectivity index is 1.77. The van der Waals surface area contributed by atoms with Crippen LogP contribution in [0.4, 0.5) is 0 Å². The van der Waals surface area contributed by atoms with E-state index in [0.29, 0.717) is 10.4 Å². The zero-order chi connectivity index (χ0) is 19.9. The Kier molecular flexibility index (Phi) is 6.80. The second kappa shape index (κ2) is 9.50. The highest BCUT2D eigenvalue weighted by Crippen LogP contribution is 2.17. The molecule has 0 aliphatic heterocycles. The predicted molar refractivity (Wildman–Crippen MR) is 113 cm³/mol. The van der Waals surface area contributed by atoms with E-state index in [0.717, 1.165) is 4.88 Å². The van der Waals surface area contributed by atoms with E-state index in [4.69, 9.17) is 16.0 Å². The summed E-state index contributed by atoms with van der Waals surface area (Å²) in [5.41, 5.74) is 2.66. The normalized spacial score (nSPS) is 11.6. The molecule has 0 aliphatic rings. The van der Waals surface area contributed by atoms with E-state index >= 15 is 0 Å². The molecule has 0 fully saturated rings. The van der Waals surface area contributed by atoms with E-state index in [1.165, 1.54) is 17.6 Å². The number of furan rings is 1. The minimum absolute atomic E-state index is 0.0325. The van der Waals surface area contributed by atoms with E-state index in [1.807, 2.05) is 17.5 Å². The van der Waals surface area contributed by atoms with Gasteiger partial charge in [0.2, 0.25) is 0 Å². The maximum atomic E-state index is 12.5. The molecule has 1 aromatic carbocycles. The van der Waals surface area contributed by atoms with Gasteiger partial charge in [-0.15, -0.1) is 11.3 Å². The number of hydrogen-bond acceptors (Lipinski definition) is 5. The largest absolute Gasteiger partial charge is 0.448 e. The molecule has 6 nitrogen and oxygen atoms in total. The van der Waals surface area contributed by atoms with Gasteiger partial charge in [-0.2, -0.15) is 5.10 Å². The highest BCUT2D eigenvalue weighted by atomic mass is 79.9. The summed E-state index contributed by atoms with van der Waals surface area (Å²) >= 11 is 10.7.